The predicted molar refractivity (Wildman–Crippen MR) is 101 cm³/mol. The summed E-state index contributed by atoms with van der Waals surface area (Å²) in [6.07, 6.45) is 3.57. The topological polar surface area (TPSA) is 81.2 Å². The quantitative estimate of drug-likeness (QED) is 0.673. The average Bonchev–Trinajstić information content (AvgIpc) is 2.66. The van der Waals surface area contributed by atoms with Gasteiger partial charge in [0.05, 0.1) is 19.9 Å². The summed E-state index contributed by atoms with van der Waals surface area (Å²) in [5.74, 6) is 3.48. The Hall–Kier alpha value is -3.35. The van der Waals surface area contributed by atoms with Gasteiger partial charge in [-0.15, -0.1) is 0 Å². The zero-order chi connectivity index (χ0) is 18.4. The van der Waals surface area contributed by atoms with E-state index in [1.54, 1.807) is 20.4 Å². The van der Waals surface area contributed by atoms with Gasteiger partial charge >= 0.3 is 0 Å². The molecule has 134 valence electrons. The van der Waals surface area contributed by atoms with Gasteiger partial charge in [-0.3, -0.25) is 4.98 Å². The third kappa shape index (κ3) is 4.38. The van der Waals surface area contributed by atoms with Gasteiger partial charge in [0.25, 0.3) is 0 Å². The summed E-state index contributed by atoms with van der Waals surface area (Å²) in [4.78, 5) is 13.0. The molecule has 1 aromatic carbocycles. The van der Waals surface area contributed by atoms with Gasteiger partial charge in [0, 0.05) is 31.1 Å². The lowest BCUT2D eigenvalue weighted by Crippen LogP contribution is -2.05. The van der Waals surface area contributed by atoms with Crippen LogP contribution < -0.4 is 20.1 Å². The molecule has 0 radical (unpaired) electrons. The van der Waals surface area contributed by atoms with E-state index in [1.807, 2.05) is 49.5 Å². The molecule has 7 nitrogen and oxygen atoms in total. The lowest BCUT2D eigenvalue weighted by atomic mass is 10.2. The minimum absolute atomic E-state index is 0.631. The Kier molecular flexibility index (Phi) is 5.48. The van der Waals surface area contributed by atoms with Gasteiger partial charge in [0.1, 0.15) is 29.0 Å². The molecule has 2 aromatic heterocycles. The molecule has 3 aromatic rings. The number of hydrogen-bond donors (Lipinski definition) is 2. The number of benzene rings is 1. The van der Waals surface area contributed by atoms with E-state index < -0.39 is 0 Å². The molecule has 0 saturated carbocycles. The minimum Gasteiger partial charge on any atom is -0.497 e. The lowest BCUT2D eigenvalue weighted by Gasteiger charge is -2.13. The molecule has 0 amide bonds. The van der Waals surface area contributed by atoms with Crippen molar-refractivity contribution in [1.29, 1.82) is 0 Å². The van der Waals surface area contributed by atoms with Gasteiger partial charge in [-0.2, -0.15) is 0 Å². The Morgan fingerprint density at radius 2 is 1.85 bits per heavy atom. The Labute approximate surface area is 152 Å². The van der Waals surface area contributed by atoms with E-state index in [-0.39, 0.29) is 0 Å². The van der Waals surface area contributed by atoms with Crippen molar-refractivity contribution in [3.05, 3.63) is 60.2 Å². The van der Waals surface area contributed by atoms with Crippen LogP contribution in [-0.2, 0) is 6.54 Å². The number of hydrogen-bond acceptors (Lipinski definition) is 7. The smallest absolute Gasteiger partial charge is 0.142 e. The van der Waals surface area contributed by atoms with Crippen LogP contribution >= 0.6 is 0 Å². The minimum atomic E-state index is 0.631. The van der Waals surface area contributed by atoms with Crippen molar-refractivity contribution in [3.63, 3.8) is 0 Å². The number of aryl methyl sites for hydroxylation is 1. The van der Waals surface area contributed by atoms with Crippen LogP contribution in [0.5, 0.6) is 11.5 Å². The van der Waals surface area contributed by atoms with Gasteiger partial charge in [-0.1, -0.05) is 6.07 Å². The first-order valence-corrected chi connectivity index (χ1v) is 8.15. The molecular weight excluding hydrogens is 330 g/mol. The number of nitrogens with one attached hydrogen (secondary N) is 2. The normalized spacial score (nSPS) is 10.3. The molecule has 7 heteroatoms. The fourth-order valence-electron chi connectivity index (χ4n) is 2.47. The van der Waals surface area contributed by atoms with E-state index in [0.717, 1.165) is 22.8 Å². The van der Waals surface area contributed by atoms with Crippen molar-refractivity contribution in [3.8, 4) is 11.5 Å². The molecule has 0 saturated heterocycles. The van der Waals surface area contributed by atoms with Crippen molar-refractivity contribution in [2.24, 2.45) is 0 Å². The van der Waals surface area contributed by atoms with Gasteiger partial charge in [-0.25, -0.2) is 9.97 Å². The average molecular weight is 351 g/mol. The monoisotopic (exact) mass is 351 g/mol. The Morgan fingerprint density at radius 3 is 2.58 bits per heavy atom. The van der Waals surface area contributed by atoms with Crippen molar-refractivity contribution < 1.29 is 9.47 Å². The maximum atomic E-state index is 5.40. The Morgan fingerprint density at radius 1 is 1.00 bits per heavy atom. The fourth-order valence-corrected chi connectivity index (χ4v) is 2.47. The third-order valence-corrected chi connectivity index (χ3v) is 3.70. The molecule has 3 rings (SSSR count). The summed E-state index contributed by atoms with van der Waals surface area (Å²) in [7, 11) is 3.25. The second kappa shape index (κ2) is 8.15. The molecule has 26 heavy (non-hydrogen) atoms. The standard InChI is InChI=1S/C19H21N5O2/c1-13-22-18(21-12-14-5-4-8-20-11-14)10-19(23-13)24-16-9-15(25-2)6-7-17(16)26-3/h4-11H,12H2,1-3H3,(H2,21,22,23,24). The summed E-state index contributed by atoms with van der Waals surface area (Å²) in [5.41, 5.74) is 1.84. The van der Waals surface area contributed by atoms with Crippen LogP contribution in [-0.4, -0.2) is 29.2 Å². The molecule has 0 spiro atoms. The number of nitrogens with zero attached hydrogens (tertiary/aromatic N) is 3. The molecule has 2 heterocycles. The number of anilines is 3. The van der Waals surface area contributed by atoms with Crippen LogP contribution in [0.4, 0.5) is 17.3 Å². The van der Waals surface area contributed by atoms with Gasteiger partial charge in [0.2, 0.25) is 0 Å². The molecular formula is C19H21N5O2. The van der Waals surface area contributed by atoms with E-state index in [4.69, 9.17) is 9.47 Å². The van der Waals surface area contributed by atoms with Crippen LogP contribution in [0.2, 0.25) is 0 Å². The van der Waals surface area contributed by atoms with E-state index in [0.29, 0.717) is 23.9 Å². The van der Waals surface area contributed by atoms with Gasteiger partial charge < -0.3 is 20.1 Å². The number of pyridine rings is 1. The number of methoxy groups -OCH3 is 2. The highest BCUT2D eigenvalue weighted by Crippen LogP contribution is 2.31. The molecule has 0 aliphatic carbocycles. The van der Waals surface area contributed by atoms with Crippen LogP contribution in [0.15, 0.2) is 48.8 Å². The van der Waals surface area contributed by atoms with E-state index in [2.05, 4.69) is 25.6 Å². The first-order chi connectivity index (χ1) is 12.7. The molecule has 0 aliphatic rings. The van der Waals surface area contributed by atoms with Crippen molar-refractivity contribution in [1.82, 2.24) is 15.0 Å². The Balaban J connectivity index is 1.79. The zero-order valence-electron chi connectivity index (χ0n) is 15.0. The molecule has 2 N–H and O–H groups in total. The van der Waals surface area contributed by atoms with Crippen LogP contribution in [0, 0.1) is 6.92 Å². The molecule has 0 bridgehead atoms. The first kappa shape index (κ1) is 17.5. The van der Waals surface area contributed by atoms with Crippen molar-refractivity contribution in [2.45, 2.75) is 13.5 Å². The zero-order valence-corrected chi connectivity index (χ0v) is 15.0. The molecule has 0 unspecified atom stereocenters. The van der Waals surface area contributed by atoms with Gasteiger partial charge in [0.15, 0.2) is 0 Å². The van der Waals surface area contributed by atoms with Crippen LogP contribution in [0.1, 0.15) is 11.4 Å². The fraction of sp³-hybridized carbons (Fsp3) is 0.211. The summed E-state index contributed by atoms with van der Waals surface area (Å²) in [6, 6.07) is 11.3. The lowest BCUT2D eigenvalue weighted by molar-refractivity contribution is 0.405. The number of aromatic nitrogens is 3. The summed E-state index contributed by atoms with van der Waals surface area (Å²) < 4.78 is 10.7. The summed E-state index contributed by atoms with van der Waals surface area (Å²) in [5, 5.41) is 6.56. The van der Waals surface area contributed by atoms with E-state index >= 15 is 0 Å². The van der Waals surface area contributed by atoms with Gasteiger partial charge in [-0.05, 0) is 30.7 Å². The second-order valence-electron chi connectivity index (χ2n) is 5.59. The molecule has 0 fully saturated rings. The highest BCUT2D eigenvalue weighted by Gasteiger charge is 2.08. The largest absolute Gasteiger partial charge is 0.497 e. The summed E-state index contributed by atoms with van der Waals surface area (Å²) in [6.45, 7) is 2.48. The van der Waals surface area contributed by atoms with E-state index in [1.165, 1.54) is 0 Å². The van der Waals surface area contributed by atoms with Crippen LogP contribution in [0.25, 0.3) is 0 Å². The highest BCUT2D eigenvalue weighted by atomic mass is 16.5. The second-order valence-corrected chi connectivity index (χ2v) is 5.59. The SMILES string of the molecule is COc1ccc(OC)c(Nc2cc(NCc3cccnc3)nc(C)n2)c1. The first-order valence-electron chi connectivity index (χ1n) is 8.15. The van der Waals surface area contributed by atoms with Crippen LogP contribution in [0.3, 0.4) is 0 Å². The van der Waals surface area contributed by atoms with E-state index in [9.17, 15) is 0 Å². The maximum Gasteiger partial charge on any atom is 0.142 e. The number of rotatable bonds is 7. The third-order valence-electron chi connectivity index (χ3n) is 3.70. The molecule has 0 atom stereocenters. The highest BCUT2D eigenvalue weighted by molar-refractivity contribution is 5.67. The van der Waals surface area contributed by atoms with Crippen molar-refractivity contribution >= 4 is 17.3 Å². The Bertz CT molecular complexity index is 871. The maximum absolute atomic E-state index is 5.40. The van der Waals surface area contributed by atoms with Crippen molar-refractivity contribution in [2.75, 3.05) is 24.9 Å². The molecule has 0 aliphatic heterocycles. The number of ether oxygens (including phenoxy) is 2. The summed E-state index contributed by atoms with van der Waals surface area (Å²) >= 11 is 0. The predicted octanol–water partition coefficient (Wildman–Crippen LogP) is 3.55.